The molecule has 0 bridgehead atoms. The van der Waals surface area contributed by atoms with Gasteiger partial charge >= 0.3 is 5.69 Å². The van der Waals surface area contributed by atoms with Crippen molar-refractivity contribution in [2.75, 3.05) is 12.4 Å². The third kappa shape index (κ3) is 3.68. The van der Waals surface area contributed by atoms with E-state index in [0.717, 1.165) is 0 Å². The maximum atomic E-state index is 13.3. The van der Waals surface area contributed by atoms with Crippen molar-refractivity contribution < 1.29 is 13.2 Å². The molecule has 0 atom stereocenters. The van der Waals surface area contributed by atoms with Crippen molar-refractivity contribution in [3.63, 3.8) is 0 Å². The Morgan fingerprint density at radius 2 is 1.74 bits per heavy atom. The maximum absolute atomic E-state index is 13.3. The van der Waals surface area contributed by atoms with E-state index in [1.807, 2.05) is 0 Å². The molecule has 1 amide bonds. The summed E-state index contributed by atoms with van der Waals surface area (Å²) < 4.78 is 31.8. The second-order valence-corrected chi connectivity index (χ2v) is 9.78. The number of nitrogens with zero attached hydrogens (tertiary/aromatic N) is 5. The predicted molar refractivity (Wildman–Crippen MR) is 131 cm³/mol. The van der Waals surface area contributed by atoms with Gasteiger partial charge in [0, 0.05) is 20.3 Å². The summed E-state index contributed by atoms with van der Waals surface area (Å²) >= 11 is 0. The number of aromatic nitrogens is 5. The molecular weight excluding hydrogens is 470 g/mol. The van der Waals surface area contributed by atoms with E-state index in [0.29, 0.717) is 33.4 Å². The van der Waals surface area contributed by atoms with Gasteiger partial charge in [-0.3, -0.25) is 23.5 Å². The summed E-state index contributed by atoms with van der Waals surface area (Å²) in [5, 5.41) is 2.77. The summed E-state index contributed by atoms with van der Waals surface area (Å²) in [6.45, 7) is 0. The molecule has 0 aliphatic heterocycles. The molecule has 3 heterocycles. The first-order valence-corrected chi connectivity index (χ1v) is 12.0. The Morgan fingerprint density at radius 1 is 0.971 bits per heavy atom. The zero-order valence-corrected chi connectivity index (χ0v) is 19.9. The lowest BCUT2D eigenvalue weighted by Crippen LogP contribution is -2.19. The molecule has 2 aromatic carbocycles. The highest BCUT2D eigenvalue weighted by Crippen LogP contribution is 2.27. The molecule has 35 heavy (non-hydrogen) atoms. The molecule has 11 nitrogen and oxygen atoms in total. The number of amides is 1. The molecule has 5 aromatic rings. The van der Waals surface area contributed by atoms with Gasteiger partial charge in [0.05, 0.1) is 44.5 Å². The Labute approximate surface area is 199 Å². The van der Waals surface area contributed by atoms with Crippen molar-refractivity contribution in [2.45, 2.75) is 4.90 Å². The van der Waals surface area contributed by atoms with Crippen LogP contribution in [-0.4, -0.2) is 45.0 Å². The van der Waals surface area contributed by atoms with Crippen molar-refractivity contribution >= 4 is 43.7 Å². The normalized spacial score (nSPS) is 11.9. The van der Waals surface area contributed by atoms with Crippen LogP contribution in [0.25, 0.3) is 27.8 Å². The van der Waals surface area contributed by atoms with Crippen LogP contribution in [0.4, 0.5) is 5.69 Å². The van der Waals surface area contributed by atoms with Gasteiger partial charge in [0.15, 0.2) is 0 Å². The zero-order valence-electron chi connectivity index (χ0n) is 19.1. The smallest absolute Gasteiger partial charge is 0.318 e. The van der Waals surface area contributed by atoms with Crippen molar-refractivity contribution in [3.8, 4) is 5.69 Å². The number of carbonyl (C=O) groups excluding carboxylic acids is 1. The van der Waals surface area contributed by atoms with Crippen LogP contribution in [-0.2, 0) is 24.1 Å². The lowest BCUT2D eigenvalue weighted by molar-refractivity contribution is 0.101. The van der Waals surface area contributed by atoms with Gasteiger partial charge in [-0.05, 0) is 55.6 Å². The van der Waals surface area contributed by atoms with Gasteiger partial charge in [-0.15, -0.1) is 0 Å². The highest BCUT2D eigenvalue weighted by molar-refractivity contribution is 7.89. The maximum Gasteiger partial charge on any atom is 0.328 e. The van der Waals surface area contributed by atoms with E-state index >= 15 is 0 Å². The molecule has 0 fully saturated rings. The highest BCUT2D eigenvalue weighted by Gasteiger charge is 2.22. The van der Waals surface area contributed by atoms with Crippen LogP contribution in [0.1, 0.15) is 10.6 Å². The van der Waals surface area contributed by atoms with Crippen LogP contribution >= 0.6 is 0 Å². The fourth-order valence-electron chi connectivity index (χ4n) is 4.01. The molecule has 0 saturated carbocycles. The summed E-state index contributed by atoms with van der Waals surface area (Å²) in [6.07, 6.45) is 3.10. The molecule has 0 spiro atoms. The fraction of sp³-hybridized carbons (Fsp3) is 0.130. The number of imidazole rings is 2. The number of hydrogen-bond acceptors (Lipinski definition) is 6. The van der Waals surface area contributed by atoms with Gasteiger partial charge in [0.25, 0.3) is 5.91 Å². The molecule has 0 saturated heterocycles. The summed E-state index contributed by atoms with van der Waals surface area (Å²) in [4.78, 5) is 34.3. The molecule has 3 aromatic heterocycles. The van der Waals surface area contributed by atoms with Gasteiger partial charge in [-0.1, -0.05) is 0 Å². The second-order valence-electron chi connectivity index (χ2n) is 7.90. The molecule has 2 N–H and O–H groups in total. The number of benzene rings is 2. The van der Waals surface area contributed by atoms with E-state index in [4.69, 9.17) is 0 Å². The average molecular weight is 492 g/mol. The first kappa shape index (κ1) is 22.5. The first-order valence-electron chi connectivity index (χ1n) is 10.5. The molecule has 178 valence electrons. The average Bonchev–Trinajstić information content (AvgIpc) is 3.35. The highest BCUT2D eigenvalue weighted by atomic mass is 32.2. The molecule has 5 rings (SSSR count). The lowest BCUT2D eigenvalue weighted by Gasteiger charge is -2.11. The van der Waals surface area contributed by atoms with Crippen LogP contribution in [0.3, 0.4) is 0 Å². The van der Waals surface area contributed by atoms with Crippen LogP contribution < -0.4 is 15.7 Å². The molecule has 0 aliphatic rings. The number of sulfonamides is 1. The quantitative estimate of drug-likeness (QED) is 0.385. The SMILES string of the molecule is CNS(=O)(=O)c1ccc2nc(C(=O)Nc3cccnc3)n(-c3ccc4c(c3)n(C)c(=O)n4C)c2c1. The number of anilines is 1. The minimum absolute atomic E-state index is 0.0288. The van der Waals surface area contributed by atoms with Crippen LogP contribution in [0.15, 0.2) is 70.6 Å². The van der Waals surface area contributed by atoms with E-state index in [1.54, 1.807) is 61.3 Å². The molecule has 0 radical (unpaired) electrons. The standard InChI is InChI=1S/C23H21N7O4S/c1-24-35(33,34)16-7-8-17-19(12-16)30(21(27-17)22(31)26-14-5-4-10-25-13-14)15-6-9-18-20(11-15)29(3)23(32)28(18)2/h4-13,24H,1-3H3,(H,26,31). The van der Waals surface area contributed by atoms with Crippen LogP contribution in [0.5, 0.6) is 0 Å². The van der Waals surface area contributed by atoms with Gasteiger partial charge in [0.2, 0.25) is 15.8 Å². The largest absolute Gasteiger partial charge is 0.328 e. The summed E-state index contributed by atoms with van der Waals surface area (Å²) in [5.74, 6) is -0.461. The van der Waals surface area contributed by atoms with Crippen molar-refractivity contribution in [3.05, 3.63) is 77.2 Å². The van der Waals surface area contributed by atoms with Gasteiger partial charge in [-0.2, -0.15) is 0 Å². The lowest BCUT2D eigenvalue weighted by atomic mass is 10.2. The van der Waals surface area contributed by atoms with Crippen molar-refractivity contribution in [2.24, 2.45) is 14.1 Å². The Kier molecular flexibility index (Phi) is 5.26. The van der Waals surface area contributed by atoms with E-state index in [2.05, 4.69) is 20.0 Å². The Balaban J connectivity index is 1.77. The fourth-order valence-corrected chi connectivity index (χ4v) is 4.76. The molecule has 12 heteroatoms. The van der Waals surface area contributed by atoms with Crippen LogP contribution in [0, 0.1) is 0 Å². The molecular formula is C23H21N7O4S. The zero-order chi connectivity index (χ0) is 24.9. The van der Waals surface area contributed by atoms with Crippen molar-refractivity contribution in [1.29, 1.82) is 0 Å². The summed E-state index contributed by atoms with van der Waals surface area (Å²) in [5.41, 5.74) is 3.04. The molecule has 0 unspecified atom stereocenters. The Bertz CT molecular complexity index is 1780. The number of carbonyl (C=O) groups is 1. The Morgan fingerprint density at radius 3 is 2.46 bits per heavy atom. The predicted octanol–water partition coefficient (Wildman–Crippen LogP) is 1.77. The van der Waals surface area contributed by atoms with E-state index in [9.17, 15) is 18.0 Å². The number of fused-ring (bicyclic) bond motifs is 2. The topological polar surface area (TPSA) is 133 Å². The summed E-state index contributed by atoms with van der Waals surface area (Å²) in [6, 6.07) is 13.1. The van der Waals surface area contributed by atoms with Crippen molar-refractivity contribution in [1.82, 2.24) is 28.4 Å². The second kappa shape index (κ2) is 8.18. The van der Waals surface area contributed by atoms with Gasteiger partial charge in [-0.25, -0.2) is 22.9 Å². The Hall–Kier alpha value is -4.29. The first-order chi connectivity index (χ1) is 16.7. The van der Waals surface area contributed by atoms with E-state index < -0.39 is 15.9 Å². The number of nitrogens with one attached hydrogen (secondary N) is 2. The number of aryl methyl sites for hydroxylation is 2. The van der Waals surface area contributed by atoms with Gasteiger partial charge < -0.3 is 5.32 Å². The van der Waals surface area contributed by atoms with E-state index in [1.165, 1.54) is 34.5 Å². The third-order valence-electron chi connectivity index (χ3n) is 5.84. The number of pyridine rings is 1. The summed E-state index contributed by atoms with van der Waals surface area (Å²) in [7, 11) is 0.926. The minimum Gasteiger partial charge on any atom is -0.318 e. The monoisotopic (exact) mass is 491 g/mol. The number of hydrogen-bond donors (Lipinski definition) is 2. The van der Waals surface area contributed by atoms with Gasteiger partial charge in [0.1, 0.15) is 0 Å². The number of rotatable bonds is 5. The van der Waals surface area contributed by atoms with E-state index in [-0.39, 0.29) is 16.4 Å². The molecule has 0 aliphatic carbocycles. The van der Waals surface area contributed by atoms with Crippen LogP contribution in [0.2, 0.25) is 0 Å². The minimum atomic E-state index is -3.74. The third-order valence-corrected chi connectivity index (χ3v) is 7.25.